The number of halogens is 1. The van der Waals surface area contributed by atoms with Crippen LogP contribution >= 0.6 is 11.6 Å². The summed E-state index contributed by atoms with van der Waals surface area (Å²) in [4.78, 5) is 0.0233. The van der Waals surface area contributed by atoms with Gasteiger partial charge in [0.25, 0.3) is 0 Å². The smallest absolute Gasteiger partial charge is 0.340 e. The van der Waals surface area contributed by atoms with Gasteiger partial charge in [-0.25, -0.2) is 0 Å². The van der Waals surface area contributed by atoms with Crippen molar-refractivity contribution in [1.29, 1.82) is 0 Å². The van der Waals surface area contributed by atoms with Gasteiger partial charge in [0.2, 0.25) is 5.88 Å². The first-order valence-electron chi connectivity index (χ1n) is 7.86. The topological polar surface area (TPSA) is 70.4 Å². The van der Waals surface area contributed by atoms with E-state index >= 15 is 0 Å². The maximum atomic E-state index is 12.6. The van der Waals surface area contributed by atoms with Gasteiger partial charge in [0, 0.05) is 11.1 Å². The van der Waals surface area contributed by atoms with E-state index in [1.807, 2.05) is 6.92 Å². The fourth-order valence-corrected chi connectivity index (χ4v) is 3.43. The van der Waals surface area contributed by atoms with E-state index in [4.69, 9.17) is 20.5 Å². The van der Waals surface area contributed by atoms with Gasteiger partial charge in [-0.05, 0) is 48.9 Å². The summed E-state index contributed by atoms with van der Waals surface area (Å²) in [5, 5.41) is 4.91. The third-order valence-corrected chi connectivity index (χ3v) is 5.16. The van der Waals surface area contributed by atoms with Crippen LogP contribution in [0.5, 0.6) is 11.6 Å². The summed E-state index contributed by atoms with van der Waals surface area (Å²) >= 11 is 6.03. The molecule has 0 atom stereocenters. The summed E-state index contributed by atoms with van der Waals surface area (Å²) in [6.45, 7) is 1.92. The van der Waals surface area contributed by atoms with Crippen molar-refractivity contribution in [3.8, 4) is 17.3 Å². The molecule has 0 fully saturated rings. The Morgan fingerprint density at radius 1 is 1.12 bits per heavy atom. The first-order valence-corrected chi connectivity index (χ1v) is 9.65. The van der Waals surface area contributed by atoms with Crippen molar-refractivity contribution in [3.63, 3.8) is 0 Å². The highest BCUT2D eigenvalue weighted by molar-refractivity contribution is 7.87. The van der Waals surface area contributed by atoms with Crippen LogP contribution in [0, 0.1) is 0 Å². The standard InChI is InChI=1S/C18H17ClN2O4S/c1-3-14-12-18(21(20-14)15-6-4-5-13(19)11-15)25-26(22,23)17-9-7-16(24-2)8-10-17/h4-12H,3H2,1-2H3. The van der Waals surface area contributed by atoms with Gasteiger partial charge in [-0.15, -0.1) is 0 Å². The Kier molecular flexibility index (Phi) is 5.20. The number of hydrogen-bond donors (Lipinski definition) is 0. The second kappa shape index (κ2) is 7.39. The van der Waals surface area contributed by atoms with Gasteiger partial charge in [0.15, 0.2) is 0 Å². The summed E-state index contributed by atoms with van der Waals surface area (Å²) < 4.78 is 37.1. The molecule has 3 rings (SSSR count). The van der Waals surface area contributed by atoms with Crippen LogP contribution in [0.1, 0.15) is 12.6 Å². The third-order valence-electron chi connectivity index (χ3n) is 3.69. The Labute approximate surface area is 157 Å². The number of hydrogen-bond acceptors (Lipinski definition) is 5. The quantitative estimate of drug-likeness (QED) is 0.595. The lowest BCUT2D eigenvalue weighted by Crippen LogP contribution is -2.12. The molecule has 0 aliphatic rings. The van der Waals surface area contributed by atoms with Gasteiger partial charge in [-0.1, -0.05) is 24.6 Å². The molecule has 0 saturated heterocycles. The molecule has 1 heterocycles. The summed E-state index contributed by atoms with van der Waals surface area (Å²) in [6.07, 6.45) is 0.631. The number of rotatable bonds is 6. The molecule has 0 aliphatic heterocycles. The molecule has 1 aromatic heterocycles. The average molecular weight is 393 g/mol. The van der Waals surface area contributed by atoms with E-state index in [9.17, 15) is 8.42 Å². The molecule has 0 amide bonds. The maximum absolute atomic E-state index is 12.6. The number of methoxy groups -OCH3 is 1. The van der Waals surface area contributed by atoms with Crippen molar-refractivity contribution in [2.75, 3.05) is 7.11 Å². The SMILES string of the molecule is CCc1cc(OS(=O)(=O)c2ccc(OC)cc2)n(-c2cccc(Cl)c2)n1. The molecule has 8 heteroatoms. The van der Waals surface area contributed by atoms with Gasteiger partial charge in [-0.2, -0.15) is 18.2 Å². The summed E-state index contributed by atoms with van der Waals surface area (Å²) in [7, 11) is -2.51. The van der Waals surface area contributed by atoms with Crippen LogP contribution < -0.4 is 8.92 Å². The molecule has 26 heavy (non-hydrogen) atoms. The van der Waals surface area contributed by atoms with Gasteiger partial charge in [-0.3, -0.25) is 0 Å². The molecular formula is C18H17ClN2O4S. The van der Waals surface area contributed by atoms with Crippen LogP contribution in [0.4, 0.5) is 0 Å². The fourth-order valence-electron chi connectivity index (χ4n) is 2.34. The predicted octanol–water partition coefficient (Wildman–Crippen LogP) is 3.86. The summed E-state index contributed by atoms with van der Waals surface area (Å²) in [6, 6.07) is 14.5. The van der Waals surface area contributed by atoms with Crippen molar-refractivity contribution in [1.82, 2.24) is 9.78 Å². The minimum atomic E-state index is -4.02. The van der Waals surface area contributed by atoms with E-state index in [0.29, 0.717) is 28.6 Å². The van der Waals surface area contributed by atoms with Crippen molar-refractivity contribution < 1.29 is 17.3 Å². The lowest BCUT2D eigenvalue weighted by Gasteiger charge is -2.10. The lowest BCUT2D eigenvalue weighted by atomic mass is 10.3. The molecule has 0 unspecified atom stereocenters. The van der Waals surface area contributed by atoms with Crippen molar-refractivity contribution in [3.05, 3.63) is 65.3 Å². The second-order valence-corrected chi connectivity index (χ2v) is 7.41. The van der Waals surface area contributed by atoms with E-state index in [0.717, 1.165) is 0 Å². The second-order valence-electron chi connectivity index (χ2n) is 5.43. The molecular weight excluding hydrogens is 376 g/mol. The van der Waals surface area contributed by atoms with E-state index in [-0.39, 0.29) is 10.8 Å². The monoisotopic (exact) mass is 392 g/mol. The zero-order valence-electron chi connectivity index (χ0n) is 14.2. The Hall–Kier alpha value is -2.51. The number of aryl methyl sites for hydroxylation is 1. The zero-order chi connectivity index (χ0) is 18.7. The third kappa shape index (κ3) is 3.84. The van der Waals surface area contributed by atoms with E-state index in [2.05, 4.69) is 5.10 Å². The molecule has 6 nitrogen and oxygen atoms in total. The Balaban J connectivity index is 1.99. The van der Waals surface area contributed by atoms with E-state index < -0.39 is 10.1 Å². The highest BCUT2D eigenvalue weighted by atomic mass is 35.5. The number of benzene rings is 2. The number of ether oxygens (including phenoxy) is 1. The van der Waals surface area contributed by atoms with Crippen LogP contribution in [0.25, 0.3) is 5.69 Å². The molecule has 2 aromatic carbocycles. The van der Waals surface area contributed by atoms with Gasteiger partial charge in [0.1, 0.15) is 10.6 Å². The summed E-state index contributed by atoms with van der Waals surface area (Å²) in [5.41, 5.74) is 1.31. The fraction of sp³-hybridized carbons (Fsp3) is 0.167. The Morgan fingerprint density at radius 3 is 2.46 bits per heavy atom. The summed E-state index contributed by atoms with van der Waals surface area (Å²) in [5.74, 6) is 0.654. The van der Waals surface area contributed by atoms with Crippen LogP contribution in [0.15, 0.2) is 59.5 Å². The minimum Gasteiger partial charge on any atom is -0.497 e. The molecule has 3 aromatic rings. The van der Waals surface area contributed by atoms with Crippen LogP contribution in [-0.2, 0) is 16.5 Å². The molecule has 0 aliphatic carbocycles. The van der Waals surface area contributed by atoms with Gasteiger partial charge in [0.05, 0.1) is 18.5 Å². The molecule has 0 radical (unpaired) electrons. The van der Waals surface area contributed by atoms with Crippen LogP contribution in [-0.4, -0.2) is 25.3 Å². The number of nitrogens with zero attached hydrogens (tertiary/aromatic N) is 2. The molecule has 0 N–H and O–H groups in total. The van der Waals surface area contributed by atoms with E-state index in [1.54, 1.807) is 42.5 Å². The average Bonchev–Trinajstić information content (AvgIpc) is 3.04. The molecule has 0 bridgehead atoms. The van der Waals surface area contributed by atoms with Crippen molar-refractivity contribution in [2.45, 2.75) is 18.2 Å². The van der Waals surface area contributed by atoms with Gasteiger partial charge >= 0.3 is 10.1 Å². The van der Waals surface area contributed by atoms with E-state index in [1.165, 1.54) is 23.9 Å². The largest absolute Gasteiger partial charge is 0.497 e. The van der Waals surface area contributed by atoms with Crippen LogP contribution in [0.3, 0.4) is 0 Å². The normalized spacial score (nSPS) is 11.3. The first-order chi connectivity index (χ1) is 12.4. The highest BCUT2D eigenvalue weighted by Gasteiger charge is 2.21. The van der Waals surface area contributed by atoms with Crippen molar-refractivity contribution >= 4 is 21.7 Å². The Morgan fingerprint density at radius 2 is 1.85 bits per heavy atom. The Bertz CT molecular complexity index is 1010. The van der Waals surface area contributed by atoms with Crippen LogP contribution in [0.2, 0.25) is 5.02 Å². The minimum absolute atomic E-state index is 0.0233. The molecule has 0 saturated carbocycles. The van der Waals surface area contributed by atoms with Crippen molar-refractivity contribution in [2.24, 2.45) is 0 Å². The first kappa shape index (κ1) is 18.3. The lowest BCUT2D eigenvalue weighted by molar-refractivity contribution is 0.414. The zero-order valence-corrected chi connectivity index (χ0v) is 15.8. The maximum Gasteiger partial charge on any atom is 0.340 e. The molecule has 0 spiro atoms. The predicted molar refractivity (Wildman–Crippen MR) is 98.8 cm³/mol. The number of aromatic nitrogens is 2. The van der Waals surface area contributed by atoms with Gasteiger partial charge < -0.3 is 8.92 Å². The molecule has 136 valence electrons. The highest BCUT2D eigenvalue weighted by Crippen LogP contribution is 2.26.